The fourth-order valence-electron chi connectivity index (χ4n) is 4.51. The van der Waals surface area contributed by atoms with E-state index in [1.807, 2.05) is 27.7 Å². The van der Waals surface area contributed by atoms with Gasteiger partial charge in [-0.3, -0.25) is 9.59 Å². The number of amides is 1. The molecule has 240 valence electrons. The second kappa shape index (κ2) is 17.2. The van der Waals surface area contributed by atoms with Crippen LogP contribution in [0.15, 0.2) is 29.7 Å². The Bertz CT molecular complexity index is 964. The number of nitrogens with zero attached hydrogens (tertiary/aromatic N) is 3. The van der Waals surface area contributed by atoms with Crippen molar-refractivity contribution in [3.63, 3.8) is 0 Å². The SMILES string of the molecule is C=C1N=C(NC(C)=O)C=CN1[C@@H]1O[C@H](CC)C(OP(OCCOCCSC(=O)C(C)(C)C)N(C(C)C)C(C)C)[C@@H]1OC. The second-order valence-corrected chi connectivity index (χ2v) is 14.2. The predicted octanol–water partition coefficient (Wildman–Crippen LogP) is 5.04. The second-order valence-electron chi connectivity index (χ2n) is 11.7. The molecule has 0 radical (unpaired) electrons. The highest BCUT2D eigenvalue weighted by molar-refractivity contribution is 8.13. The molecule has 0 aliphatic carbocycles. The Morgan fingerprint density at radius 1 is 1.19 bits per heavy atom. The summed E-state index contributed by atoms with van der Waals surface area (Å²) in [6.07, 6.45) is 2.52. The molecule has 1 saturated heterocycles. The number of ether oxygens (including phenoxy) is 3. The summed E-state index contributed by atoms with van der Waals surface area (Å²) in [6.45, 7) is 23.0. The van der Waals surface area contributed by atoms with Gasteiger partial charge in [-0.25, -0.2) is 9.66 Å². The summed E-state index contributed by atoms with van der Waals surface area (Å²) in [4.78, 5) is 29.8. The van der Waals surface area contributed by atoms with E-state index >= 15 is 0 Å². The van der Waals surface area contributed by atoms with Gasteiger partial charge in [-0.1, -0.05) is 46.0 Å². The number of aliphatic imine (C=N–C) groups is 1. The zero-order valence-electron chi connectivity index (χ0n) is 26.9. The number of carbonyl (C=O) groups is 2. The van der Waals surface area contributed by atoms with Gasteiger partial charge in [-0.2, -0.15) is 0 Å². The number of amidine groups is 1. The normalized spacial score (nSPS) is 23.7. The molecule has 2 rings (SSSR count). The molecule has 1 fully saturated rings. The van der Waals surface area contributed by atoms with E-state index in [-0.39, 0.29) is 34.6 Å². The first-order valence-corrected chi connectivity index (χ1v) is 16.7. The van der Waals surface area contributed by atoms with E-state index in [1.165, 1.54) is 18.7 Å². The minimum atomic E-state index is -1.49. The molecule has 0 bridgehead atoms. The van der Waals surface area contributed by atoms with Gasteiger partial charge in [0.15, 0.2) is 11.3 Å². The lowest BCUT2D eigenvalue weighted by atomic mass is 10.00. The molecule has 0 aromatic heterocycles. The van der Waals surface area contributed by atoms with Crippen molar-refractivity contribution in [1.82, 2.24) is 14.9 Å². The van der Waals surface area contributed by atoms with Crippen LogP contribution in [-0.4, -0.2) is 95.7 Å². The van der Waals surface area contributed by atoms with Gasteiger partial charge in [0.1, 0.15) is 23.9 Å². The largest absolute Gasteiger partial charge is 0.378 e. The lowest BCUT2D eigenvalue weighted by molar-refractivity contribution is -0.118. The standard InChI is InChI=1S/C29H51N4O7PS/c1-12-23-25(26(36-11)27(39-23)32-14-13-24(30-21(32)6)31-22(7)34)40-41(33(19(2)3)20(4)5)38-16-15-37-17-18-42-28(35)29(8,9)10/h13-14,19-20,23,25-27H,6,12,15-18H2,1-5,7-11H3,(H,30,31,34)/t23-,25?,26+,27-,41?/m1/s1. The van der Waals surface area contributed by atoms with E-state index in [9.17, 15) is 9.59 Å². The topological polar surface area (TPSA) is 111 Å². The summed E-state index contributed by atoms with van der Waals surface area (Å²) >= 11 is 1.30. The van der Waals surface area contributed by atoms with Crippen LogP contribution in [0.2, 0.25) is 0 Å². The van der Waals surface area contributed by atoms with Crippen molar-refractivity contribution in [3.05, 3.63) is 24.7 Å². The zero-order valence-corrected chi connectivity index (χ0v) is 28.6. The van der Waals surface area contributed by atoms with E-state index in [0.29, 0.717) is 43.7 Å². The van der Waals surface area contributed by atoms with E-state index in [1.54, 1.807) is 24.3 Å². The molecule has 11 nitrogen and oxygen atoms in total. The number of methoxy groups -OCH3 is 1. The lowest BCUT2D eigenvalue weighted by Crippen LogP contribution is -2.45. The Labute approximate surface area is 257 Å². The molecule has 1 amide bonds. The smallest absolute Gasteiger partial charge is 0.259 e. The number of hydrogen-bond donors (Lipinski definition) is 1. The average Bonchev–Trinajstić information content (AvgIpc) is 3.23. The first-order valence-electron chi connectivity index (χ1n) is 14.5. The number of nitrogens with one attached hydrogen (secondary N) is 1. The van der Waals surface area contributed by atoms with E-state index < -0.39 is 27.0 Å². The molecule has 2 unspecified atom stereocenters. The molecule has 2 aliphatic rings. The Hall–Kier alpha value is -1.37. The third kappa shape index (κ3) is 10.7. The summed E-state index contributed by atoms with van der Waals surface area (Å²) < 4.78 is 33.6. The summed E-state index contributed by atoms with van der Waals surface area (Å²) in [7, 11) is 0.145. The van der Waals surface area contributed by atoms with Gasteiger partial charge < -0.3 is 33.5 Å². The molecule has 1 N–H and O–H groups in total. The Balaban J connectivity index is 2.10. The number of thioether (sulfide) groups is 1. The fraction of sp³-hybridized carbons (Fsp3) is 0.759. The molecule has 2 heterocycles. The minimum Gasteiger partial charge on any atom is -0.378 e. The molecular formula is C29H51N4O7PS. The number of carbonyl (C=O) groups excluding carboxylic acids is 2. The van der Waals surface area contributed by atoms with Crippen molar-refractivity contribution in [2.45, 2.75) is 105 Å². The number of rotatable bonds is 15. The van der Waals surface area contributed by atoms with Gasteiger partial charge in [0.2, 0.25) is 5.91 Å². The van der Waals surface area contributed by atoms with Crippen LogP contribution in [0.1, 0.15) is 68.7 Å². The summed E-state index contributed by atoms with van der Waals surface area (Å²) in [5, 5.41) is 2.83. The van der Waals surface area contributed by atoms with Crippen LogP contribution in [0.4, 0.5) is 0 Å². The lowest BCUT2D eigenvalue weighted by Gasteiger charge is -2.38. The van der Waals surface area contributed by atoms with Gasteiger partial charge >= 0.3 is 0 Å². The van der Waals surface area contributed by atoms with Crippen molar-refractivity contribution in [3.8, 4) is 0 Å². The van der Waals surface area contributed by atoms with Crippen LogP contribution in [0, 0.1) is 5.41 Å². The van der Waals surface area contributed by atoms with E-state index in [4.69, 9.17) is 23.3 Å². The first kappa shape index (κ1) is 36.8. The molecule has 42 heavy (non-hydrogen) atoms. The minimum absolute atomic E-state index is 0.155. The van der Waals surface area contributed by atoms with Crippen molar-refractivity contribution in [2.75, 3.05) is 32.7 Å². The van der Waals surface area contributed by atoms with Gasteiger partial charge in [-0.15, -0.1) is 0 Å². The molecule has 0 saturated carbocycles. The molecule has 2 aliphatic heterocycles. The molecular weight excluding hydrogens is 579 g/mol. The molecule has 0 aromatic rings. The van der Waals surface area contributed by atoms with Gasteiger partial charge in [0.25, 0.3) is 8.53 Å². The van der Waals surface area contributed by atoms with Crippen molar-refractivity contribution >= 4 is 37.1 Å². The van der Waals surface area contributed by atoms with Crippen LogP contribution in [0.3, 0.4) is 0 Å². The van der Waals surface area contributed by atoms with Crippen LogP contribution in [-0.2, 0) is 32.8 Å². The van der Waals surface area contributed by atoms with Gasteiger partial charge in [0, 0.05) is 43.5 Å². The van der Waals surface area contributed by atoms with Crippen molar-refractivity contribution in [2.24, 2.45) is 10.4 Å². The average molecular weight is 631 g/mol. The monoisotopic (exact) mass is 630 g/mol. The Morgan fingerprint density at radius 2 is 1.86 bits per heavy atom. The molecule has 13 heteroatoms. The maximum absolute atomic E-state index is 12.1. The Morgan fingerprint density at radius 3 is 2.38 bits per heavy atom. The maximum atomic E-state index is 12.1. The van der Waals surface area contributed by atoms with Gasteiger partial charge in [0.05, 0.1) is 25.9 Å². The van der Waals surface area contributed by atoms with Crippen LogP contribution in [0.5, 0.6) is 0 Å². The summed E-state index contributed by atoms with van der Waals surface area (Å²) in [5.74, 6) is 1.23. The van der Waals surface area contributed by atoms with Crippen LogP contribution < -0.4 is 5.32 Å². The third-order valence-electron chi connectivity index (χ3n) is 6.44. The zero-order chi connectivity index (χ0) is 31.6. The molecule has 5 atom stereocenters. The summed E-state index contributed by atoms with van der Waals surface area (Å²) in [6, 6.07) is 0.338. The third-order valence-corrected chi connectivity index (χ3v) is 9.81. The number of hydrogen-bond acceptors (Lipinski definition) is 11. The van der Waals surface area contributed by atoms with Crippen molar-refractivity contribution < 1.29 is 32.8 Å². The van der Waals surface area contributed by atoms with Gasteiger partial charge in [-0.05, 0) is 40.2 Å². The van der Waals surface area contributed by atoms with Crippen LogP contribution >= 0.6 is 20.3 Å². The predicted molar refractivity (Wildman–Crippen MR) is 169 cm³/mol. The highest BCUT2D eigenvalue weighted by Crippen LogP contribution is 2.50. The molecule has 0 spiro atoms. The van der Waals surface area contributed by atoms with Crippen molar-refractivity contribution in [1.29, 1.82) is 0 Å². The highest BCUT2D eigenvalue weighted by atomic mass is 32.2. The van der Waals surface area contributed by atoms with E-state index in [0.717, 1.165) is 0 Å². The maximum Gasteiger partial charge on any atom is 0.259 e. The first-order chi connectivity index (χ1) is 19.7. The quantitative estimate of drug-likeness (QED) is 0.195. The van der Waals surface area contributed by atoms with E-state index in [2.05, 4.69) is 49.3 Å². The highest BCUT2D eigenvalue weighted by Gasteiger charge is 2.50. The Kier molecular flexibility index (Phi) is 15.1. The fourth-order valence-corrected chi connectivity index (χ4v) is 7.08. The van der Waals surface area contributed by atoms with Crippen LogP contribution in [0.25, 0.3) is 0 Å². The summed E-state index contributed by atoms with van der Waals surface area (Å²) in [5.41, 5.74) is -0.363. The molecule has 0 aromatic carbocycles.